The molecule has 0 spiro atoms. The van der Waals surface area contributed by atoms with Crippen LogP contribution in [-0.4, -0.2) is 31.0 Å². The minimum Gasteiger partial charge on any atom is -0.493 e. The average molecular weight is 602 g/mol. The monoisotopic (exact) mass is 601 g/mol. The maximum absolute atomic E-state index is 13.6. The molecule has 0 aliphatic carbocycles. The van der Waals surface area contributed by atoms with Crippen molar-refractivity contribution in [1.29, 1.82) is 0 Å². The van der Waals surface area contributed by atoms with Crippen LogP contribution in [0.4, 0.5) is 0 Å². The Kier molecular flexibility index (Phi) is 7.10. The summed E-state index contributed by atoms with van der Waals surface area (Å²) in [4.78, 5) is 18.8. The number of aryl methyl sites for hydroxylation is 2. The number of fused-ring (bicyclic) bond motifs is 2. The second kappa shape index (κ2) is 11.2. The molecule has 0 radical (unpaired) electrons. The van der Waals surface area contributed by atoms with E-state index in [1.54, 1.807) is 0 Å². The Labute approximate surface area is 257 Å². The molecule has 220 valence electrons. The molecule has 8 nitrogen and oxygen atoms in total. The number of nitrogens with zero attached hydrogens (tertiary/aromatic N) is 5. The second-order valence-electron chi connectivity index (χ2n) is 11.3. The van der Waals surface area contributed by atoms with Gasteiger partial charge in [0.1, 0.15) is 17.0 Å². The minimum absolute atomic E-state index is 0.235. The molecule has 0 amide bonds. The molecule has 0 unspecified atom stereocenters. The number of aromatic nitrogens is 5. The van der Waals surface area contributed by atoms with E-state index in [0.717, 1.165) is 56.8 Å². The molecular formula is C35H31N5O3S. The number of hydrogen-bond donors (Lipinski definition) is 0. The van der Waals surface area contributed by atoms with Gasteiger partial charge in [0.05, 0.1) is 16.8 Å². The van der Waals surface area contributed by atoms with Gasteiger partial charge in [-0.25, -0.2) is 4.68 Å². The summed E-state index contributed by atoms with van der Waals surface area (Å²) in [5, 5.41) is 10.5. The molecule has 44 heavy (non-hydrogen) atoms. The maximum Gasteiger partial charge on any atom is 0.291 e. The van der Waals surface area contributed by atoms with Crippen LogP contribution >= 0.6 is 11.3 Å². The predicted octanol–water partition coefficient (Wildman–Crippen LogP) is 7.01. The molecule has 0 N–H and O–H groups in total. The molecule has 0 saturated carbocycles. The molecule has 3 aromatic carbocycles. The normalized spacial score (nSPS) is 12.2. The summed E-state index contributed by atoms with van der Waals surface area (Å²) in [6.45, 7) is 9.08. The summed E-state index contributed by atoms with van der Waals surface area (Å²) < 4.78 is 15.8. The molecule has 7 aromatic rings. The van der Waals surface area contributed by atoms with Gasteiger partial charge in [-0.05, 0) is 74.2 Å². The second-order valence-corrected chi connectivity index (χ2v) is 12.3. The molecule has 7 rings (SSSR count). The van der Waals surface area contributed by atoms with Crippen LogP contribution in [0, 0.1) is 19.8 Å². The van der Waals surface area contributed by atoms with E-state index in [1.807, 2.05) is 97.5 Å². The van der Waals surface area contributed by atoms with Gasteiger partial charge in [-0.15, -0.1) is 5.10 Å². The first-order chi connectivity index (χ1) is 21.4. The molecule has 0 saturated heterocycles. The van der Waals surface area contributed by atoms with E-state index >= 15 is 0 Å². The van der Waals surface area contributed by atoms with Crippen molar-refractivity contribution < 1.29 is 9.15 Å². The lowest BCUT2D eigenvalue weighted by Crippen LogP contribution is -2.23. The topological polar surface area (TPSA) is 87.5 Å². The van der Waals surface area contributed by atoms with Gasteiger partial charge in [-0.1, -0.05) is 61.6 Å². The van der Waals surface area contributed by atoms with Crippen LogP contribution in [0.15, 0.2) is 88.2 Å². The molecule has 9 heteroatoms. The van der Waals surface area contributed by atoms with E-state index in [9.17, 15) is 4.79 Å². The summed E-state index contributed by atoms with van der Waals surface area (Å²) in [7, 11) is 0. The van der Waals surface area contributed by atoms with E-state index in [-0.39, 0.29) is 5.56 Å². The fraction of sp³-hybridized carbons (Fsp3) is 0.200. The molecule has 0 atom stereocenters. The van der Waals surface area contributed by atoms with E-state index in [2.05, 4.69) is 30.0 Å². The van der Waals surface area contributed by atoms with Crippen LogP contribution in [0.5, 0.6) is 5.75 Å². The zero-order valence-corrected chi connectivity index (χ0v) is 25.8. The Morgan fingerprint density at radius 3 is 2.55 bits per heavy atom. The SMILES string of the molecule is Cc1cc(-c2nn(-c3ccccc3)cc2C=c2sc3nc(-c4oc5ccccc5c4C)nn3c2=O)ccc1OCCC(C)C. The van der Waals surface area contributed by atoms with Crippen LogP contribution in [0.25, 0.3) is 50.5 Å². The molecular weight excluding hydrogens is 570 g/mol. The van der Waals surface area contributed by atoms with Crippen molar-refractivity contribution in [2.24, 2.45) is 5.92 Å². The first-order valence-corrected chi connectivity index (χ1v) is 15.5. The Bertz CT molecular complexity index is 2240. The first kappa shape index (κ1) is 27.8. The summed E-state index contributed by atoms with van der Waals surface area (Å²) in [6.07, 6.45) is 4.82. The van der Waals surface area contributed by atoms with Crippen molar-refractivity contribution in [3.63, 3.8) is 0 Å². The number of para-hydroxylation sites is 2. The quantitative estimate of drug-likeness (QED) is 0.186. The number of benzene rings is 3. The number of rotatable bonds is 8. The van der Waals surface area contributed by atoms with Crippen molar-refractivity contribution in [1.82, 2.24) is 24.4 Å². The van der Waals surface area contributed by atoms with Crippen LogP contribution < -0.4 is 14.8 Å². The molecule has 0 bridgehead atoms. The highest BCUT2D eigenvalue weighted by atomic mass is 32.1. The average Bonchev–Trinajstić information content (AvgIpc) is 3.78. The van der Waals surface area contributed by atoms with Crippen molar-refractivity contribution in [2.75, 3.05) is 6.61 Å². The van der Waals surface area contributed by atoms with Crippen LogP contribution in [0.1, 0.15) is 37.0 Å². The fourth-order valence-electron chi connectivity index (χ4n) is 5.25. The van der Waals surface area contributed by atoms with Crippen molar-refractivity contribution in [2.45, 2.75) is 34.1 Å². The third-order valence-electron chi connectivity index (χ3n) is 7.68. The predicted molar refractivity (Wildman–Crippen MR) is 175 cm³/mol. The lowest BCUT2D eigenvalue weighted by molar-refractivity contribution is 0.288. The lowest BCUT2D eigenvalue weighted by Gasteiger charge is -2.11. The lowest BCUT2D eigenvalue weighted by atomic mass is 10.0. The molecule has 4 aromatic heterocycles. The fourth-order valence-corrected chi connectivity index (χ4v) is 6.15. The van der Waals surface area contributed by atoms with Gasteiger partial charge in [0.2, 0.25) is 10.8 Å². The number of furan rings is 1. The van der Waals surface area contributed by atoms with Gasteiger partial charge in [0.15, 0.2) is 5.76 Å². The van der Waals surface area contributed by atoms with Gasteiger partial charge < -0.3 is 9.15 Å². The standard InChI is InChI=1S/C35H31N5O3S/c1-21(2)16-17-42-28-15-14-24(18-22(28)3)31-25(20-39(37-31)26-10-6-5-7-11-26)19-30-34(41)40-35(44-30)36-33(38-40)32-23(4)27-12-8-9-13-29(27)43-32/h5-15,18-21H,16-17H2,1-4H3. The van der Waals surface area contributed by atoms with Gasteiger partial charge in [-0.2, -0.15) is 14.6 Å². The highest BCUT2D eigenvalue weighted by Gasteiger charge is 2.20. The van der Waals surface area contributed by atoms with Gasteiger partial charge in [0.25, 0.3) is 5.56 Å². The number of ether oxygens (including phenoxy) is 1. The summed E-state index contributed by atoms with van der Waals surface area (Å²) in [5.74, 6) is 2.42. The third kappa shape index (κ3) is 5.09. The maximum atomic E-state index is 13.6. The first-order valence-electron chi connectivity index (χ1n) is 14.6. The van der Waals surface area contributed by atoms with Crippen LogP contribution in [-0.2, 0) is 0 Å². The highest BCUT2D eigenvalue weighted by Crippen LogP contribution is 2.32. The summed E-state index contributed by atoms with van der Waals surface area (Å²) in [6, 6.07) is 23.9. The van der Waals surface area contributed by atoms with E-state index in [0.29, 0.717) is 33.6 Å². The van der Waals surface area contributed by atoms with E-state index in [4.69, 9.17) is 14.3 Å². The summed E-state index contributed by atoms with van der Waals surface area (Å²) in [5.41, 5.74) is 5.96. The zero-order chi connectivity index (χ0) is 30.4. The minimum atomic E-state index is -0.235. The largest absolute Gasteiger partial charge is 0.493 e. The smallest absolute Gasteiger partial charge is 0.291 e. The Balaban J connectivity index is 1.29. The van der Waals surface area contributed by atoms with Gasteiger partial charge in [0, 0.05) is 28.3 Å². The van der Waals surface area contributed by atoms with Gasteiger partial charge >= 0.3 is 0 Å². The molecule has 4 heterocycles. The van der Waals surface area contributed by atoms with E-state index < -0.39 is 0 Å². The summed E-state index contributed by atoms with van der Waals surface area (Å²) >= 11 is 1.30. The third-order valence-corrected chi connectivity index (χ3v) is 8.64. The van der Waals surface area contributed by atoms with Crippen molar-refractivity contribution in [3.05, 3.63) is 111 Å². The van der Waals surface area contributed by atoms with Crippen LogP contribution in [0.3, 0.4) is 0 Å². The van der Waals surface area contributed by atoms with Gasteiger partial charge in [-0.3, -0.25) is 4.79 Å². The Hall–Kier alpha value is -5.02. The van der Waals surface area contributed by atoms with Crippen LogP contribution in [0.2, 0.25) is 0 Å². The van der Waals surface area contributed by atoms with Crippen molar-refractivity contribution in [3.8, 4) is 34.3 Å². The Morgan fingerprint density at radius 2 is 1.80 bits per heavy atom. The Morgan fingerprint density at radius 1 is 1.00 bits per heavy atom. The highest BCUT2D eigenvalue weighted by molar-refractivity contribution is 7.15. The number of hydrogen-bond acceptors (Lipinski definition) is 7. The molecule has 0 fully saturated rings. The van der Waals surface area contributed by atoms with E-state index in [1.165, 1.54) is 15.9 Å². The molecule has 0 aliphatic heterocycles. The number of thiazole rings is 1. The van der Waals surface area contributed by atoms with Crippen molar-refractivity contribution >= 4 is 33.3 Å². The molecule has 0 aliphatic rings. The zero-order valence-electron chi connectivity index (χ0n) is 24.9.